The summed E-state index contributed by atoms with van der Waals surface area (Å²) < 4.78 is 22.1. The molecule has 2 aliphatic heterocycles. The van der Waals surface area contributed by atoms with Gasteiger partial charge in [0.25, 0.3) is 0 Å². The van der Waals surface area contributed by atoms with Crippen LogP contribution in [0, 0.1) is 23.7 Å². The van der Waals surface area contributed by atoms with Gasteiger partial charge in [-0.05, 0) is 127 Å². The Hall–Kier alpha value is -4.70. The van der Waals surface area contributed by atoms with Gasteiger partial charge in [0.2, 0.25) is 0 Å². The first-order valence-electron chi connectivity index (χ1n) is 17.0. The fourth-order valence-electron chi connectivity index (χ4n) is 5.62. The van der Waals surface area contributed by atoms with Crippen LogP contribution in [-0.2, 0) is 31.1 Å². The normalized spacial score (nSPS) is 15.6. The summed E-state index contributed by atoms with van der Waals surface area (Å²) in [5, 5.41) is 0. The number of fused-ring (bicyclic) bond motifs is 2. The lowest BCUT2D eigenvalue weighted by Gasteiger charge is -2.32. The first-order chi connectivity index (χ1) is 24.4. The van der Waals surface area contributed by atoms with Gasteiger partial charge in [-0.3, -0.25) is 4.21 Å². The Morgan fingerprint density at radius 2 is 1.23 bits per heavy atom. The maximum Gasteiger partial charge on any atom is 0.339 e. The highest BCUT2D eigenvalue weighted by Crippen LogP contribution is 2.41. The number of hydrogen-bond donors (Lipinski definition) is 0. The van der Waals surface area contributed by atoms with Crippen molar-refractivity contribution in [3.05, 3.63) is 118 Å². The Labute approximate surface area is 322 Å². The Morgan fingerprint density at radius 1 is 0.717 bits per heavy atom. The Balaban J connectivity index is 0.000000275. The highest BCUT2D eigenvalue weighted by Gasteiger charge is 2.31. The number of nitrogens with zero attached hydrogens (tertiary/aromatic N) is 2. The van der Waals surface area contributed by atoms with Gasteiger partial charge in [-0.2, -0.15) is 0 Å². The van der Waals surface area contributed by atoms with Crippen molar-refractivity contribution < 1.29 is 23.3 Å². The van der Waals surface area contributed by atoms with Gasteiger partial charge < -0.3 is 9.47 Å². The predicted molar refractivity (Wildman–Crippen MR) is 216 cm³/mol. The van der Waals surface area contributed by atoms with Gasteiger partial charge in [0.05, 0.1) is 35.1 Å². The van der Waals surface area contributed by atoms with Crippen molar-refractivity contribution in [3.8, 4) is 23.7 Å². The van der Waals surface area contributed by atoms with Gasteiger partial charge in [-0.15, -0.1) is 11.8 Å². The van der Waals surface area contributed by atoms with Gasteiger partial charge in [0.1, 0.15) is 11.4 Å². The third kappa shape index (κ3) is 10.9. The van der Waals surface area contributed by atoms with Crippen molar-refractivity contribution >= 4 is 34.5 Å². The van der Waals surface area contributed by atoms with Gasteiger partial charge >= 0.3 is 11.9 Å². The SMILES string of the molecule is C.C.CCOC(=O)c1ccc(C#Cc2ccc3c(c2)C(C)(C)CCS3)nc1.CCOC(=O)c1ccc(C#Cc2ccc3c(c2)C(C)(C)CCS3=O)nc1. The standard InChI is InChI=1S/C21H21NO3S.C21H21NO2S.2CH4/c1-4-25-20(23)16-7-9-17(22-14-16)8-5-15-6-10-19-18(13-15)21(2,3)11-12-26(19)24;1-4-24-20(23)16-7-9-17(22-14-16)8-5-15-6-10-19-18(13-15)21(2,3)11-12-25-19;;/h6-7,9-10,13-14H,4,11-12H2,1-3H3;6-7,9-10,13-14H,4,11-12H2,1-3H3;2*1H4. The molecule has 7 nitrogen and oxygen atoms in total. The van der Waals surface area contributed by atoms with Crippen LogP contribution in [0.15, 0.2) is 82.8 Å². The molecule has 2 aliphatic rings. The fraction of sp³-hybridized carbons (Fsp3) is 0.364. The molecule has 0 N–H and O–H groups in total. The highest BCUT2D eigenvalue weighted by atomic mass is 32.2. The van der Waals surface area contributed by atoms with E-state index in [1.807, 2.05) is 30.0 Å². The van der Waals surface area contributed by atoms with E-state index in [4.69, 9.17) is 9.47 Å². The fourth-order valence-corrected chi connectivity index (χ4v) is 8.82. The second kappa shape index (κ2) is 18.9. The predicted octanol–water partition coefficient (Wildman–Crippen LogP) is 9.15. The first-order valence-corrected chi connectivity index (χ1v) is 19.3. The van der Waals surface area contributed by atoms with Crippen LogP contribution in [0.3, 0.4) is 0 Å². The van der Waals surface area contributed by atoms with Crippen LogP contribution < -0.4 is 0 Å². The quantitative estimate of drug-likeness (QED) is 0.151. The zero-order chi connectivity index (χ0) is 36.6. The monoisotopic (exact) mass is 750 g/mol. The smallest absolute Gasteiger partial charge is 0.339 e. The van der Waals surface area contributed by atoms with Crippen LogP contribution in [0.1, 0.15) is 124 Å². The third-order valence-electron chi connectivity index (χ3n) is 8.78. The lowest BCUT2D eigenvalue weighted by molar-refractivity contribution is 0.0516. The minimum absolute atomic E-state index is 0. The van der Waals surface area contributed by atoms with Crippen molar-refractivity contribution in [3.63, 3.8) is 0 Å². The van der Waals surface area contributed by atoms with E-state index < -0.39 is 10.8 Å². The number of rotatable bonds is 4. The molecule has 6 rings (SSSR count). The van der Waals surface area contributed by atoms with E-state index in [0.29, 0.717) is 41.5 Å². The minimum atomic E-state index is -0.923. The molecular weight excluding hydrogens is 701 g/mol. The number of ether oxygens (including phenoxy) is 2. The number of carbonyl (C=O) groups is 2. The first kappa shape index (κ1) is 42.7. The summed E-state index contributed by atoms with van der Waals surface area (Å²) in [4.78, 5) is 34.0. The number of esters is 2. The number of thioether (sulfide) groups is 1. The lowest BCUT2D eigenvalue weighted by atomic mass is 9.81. The Bertz CT molecular complexity index is 2070. The average molecular weight is 751 g/mol. The summed E-state index contributed by atoms with van der Waals surface area (Å²) >= 11 is 1.92. The van der Waals surface area contributed by atoms with Crippen molar-refractivity contribution in [2.75, 3.05) is 24.7 Å². The van der Waals surface area contributed by atoms with Crippen molar-refractivity contribution in [1.29, 1.82) is 0 Å². The molecule has 0 aliphatic carbocycles. The van der Waals surface area contributed by atoms with Gasteiger partial charge in [-0.1, -0.05) is 54.4 Å². The second-order valence-corrected chi connectivity index (χ2v) is 16.1. The van der Waals surface area contributed by atoms with E-state index in [1.54, 1.807) is 38.1 Å². The van der Waals surface area contributed by atoms with Crippen LogP contribution in [0.5, 0.6) is 0 Å². The van der Waals surface area contributed by atoms with Crippen molar-refractivity contribution in [2.45, 2.75) is 89.9 Å². The molecule has 4 heterocycles. The van der Waals surface area contributed by atoms with Crippen LogP contribution in [0.25, 0.3) is 0 Å². The maximum absolute atomic E-state index is 12.2. The Morgan fingerprint density at radius 3 is 1.74 bits per heavy atom. The lowest BCUT2D eigenvalue weighted by Crippen LogP contribution is -2.27. The summed E-state index contributed by atoms with van der Waals surface area (Å²) in [6, 6.07) is 19.1. The molecule has 4 aromatic rings. The van der Waals surface area contributed by atoms with Gasteiger partial charge in [0, 0.05) is 39.1 Å². The van der Waals surface area contributed by atoms with E-state index in [-0.39, 0.29) is 37.6 Å². The number of pyridine rings is 2. The molecule has 0 fully saturated rings. The molecule has 0 amide bonds. The molecule has 9 heteroatoms. The van der Waals surface area contributed by atoms with E-state index in [2.05, 4.69) is 79.5 Å². The number of aromatic nitrogens is 2. The summed E-state index contributed by atoms with van der Waals surface area (Å²) in [5.41, 5.74) is 6.62. The van der Waals surface area contributed by atoms with Crippen molar-refractivity contribution in [2.24, 2.45) is 0 Å². The topological polar surface area (TPSA) is 95.5 Å². The largest absolute Gasteiger partial charge is 0.462 e. The molecule has 53 heavy (non-hydrogen) atoms. The molecule has 0 radical (unpaired) electrons. The second-order valence-electron chi connectivity index (χ2n) is 13.4. The molecule has 2 aromatic heterocycles. The zero-order valence-electron chi connectivity index (χ0n) is 29.9. The number of carbonyl (C=O) groups excluding carboxylic acids is 2. The van der Waals surface area contributed by atoms with E-state index in [0.717, 1.165) is 28.0 Å². The molecule has 0 spiro atoms. The molecule has 1 atom stereocenters. The van der Waals surface area contributed by atoms with Gasteiger partial charge in [0.15, 0.2) is 0 Å². The summed E-state index contributed by atoms with van der Waals surface area (Å²) in [7, 11) is -0.923. The Kier molecular flexibility index (Phi) is 15.2. The molecule has 0 saturated heterocycles. The van der Waals surface area contributed by atoms with Gasteiger partial charge in [-0.25, -0.2) is 19.6 Å². The molecule has 0 saturated carbocycles. The summed E-state index contributed by atoms with van der Waals surface area (Å²) in [6.07, 6.45) is 5.06. The summed E-state index contributed by atoms with van der Waals surface area (Å²) in [6.45, 7) is 13.2. The molecular formula is C44H50N2O5S2. The minimum Gasteiger partial charge on any atom is -0.462 e. The van der Waals surface area contributed by atoms with Crippen LogP contribution in [0.4, 0.5) is 0 Å². The van der Waals surface area contributed by atoms with Crippen LogP contribution >= 0.6 is 11.8 Å². The third-order valence-corrected chi connectivity index (χ3v) is 11.3. The van der Waals surface area contributed by atoms with E-state index in [1.165, 1.54) is 35.0 Å². The molecule has 0 bridgehead atoms. The molecule has 2 aromatic carbocycles. The number of benzene rings is 2. The molecule has 1 unspecified atom stereocenters. The van der Waals surface area contributed by atoms with Crippen LogP contribution in [0.2, 0.25) is 0 Å². The number of hydrogen-bond acceptors (Lipinski definition) is 8. The average Bonchev–Trinajstić information content (AvgIpc) is 3.12. The van der Waals surface area contributed by atoms with E-state index >= 15 is 0 Å². The molecule has 278 valence electrons. The zero-order valence-corrected chi connectivity index (χ0v) is 31.6. The van der Waals surface area contributed by atoms with Crippen molar-refractivity contribution in [1.82, 2.24) is 9.97 Å². The summed E-state index contributed by atoms with van der Waals surface area (Å²) in [5.74, 6) is 13.5. The highest BCUT2D eigenvalue weighted by molar-refractivity contribution is 7.99. The maximum atomic E-state index is 12.2. The van der Waals surface area contributed by atoms with Crippen LogP contribution in [-0.4, -0.2) is 50.8 Å². The van der Waals surface area contributed by atoms with E-state index in [9.17, 15) is 13.8 Å².